The molecule has 3 rings (SSSR count). The highest BCUT2D eigenvalue weighted by molar-refractivity contribution is 6.20. The van der Waals surface area contributed by atoms with Crippen LogP contribution in [0.3, 0.4) is 0 Å². The minimum Gasteiger partial charge on any atom is -0.449 e. The van der Waals surface area contributed by atoms with Crippen LogP contribution in [-0.2, 0) is 19.1 Å². The van der Waals surface area contributed by atoms with Gasteiger partial charge in [-0.2, -0.15) is 0 Å². The van der Waals surface area contributed by atoms with Crippen molar-refractivity contribution in [1.29, 1.82) is 0 Å². The van der Waals surface area contributed by atoms with Crippen molar-refractivity contribution in [1.82, 2.24) is 10.2 Å². The first-order chi connectivity index (χ1) is 12.4. The van der Waals surface area contributed by atoms with E-state index in [1.807, 2.05) is 0 Å². The van der Waals surface area contributed by atoms with Crippen LogP contribution in [0.4, 0.5) is 10.5 Å². The van der Waals surface area contributed by atoms with E-state index >= 15 is 0 Å². The first-order valence-corrected chi connectivity index (χ1v) is 8.14. The SMILES string of the molecule is C[C@@H](OC(=O)c1cccc(N2C(=O)CCC2=O)c1)C(=O)N1CCNC1=O. The van der Waals surface area contributed by atoms with Crippen molar-refractivity contribution in [2.75, 3.05) is 18.0 Å². The van der Waals surface area contributed by atoms with Crippen molar-refractivity contribution in [3.05, 3.63) is 29.8 Å². The van der Waals surface area contributed by atoms with Crippen LogP contribution in [0.5, 0.6) is 0 Å². The average Bonchev–Trinajstić information content (AvgIpc) is 3.19. The second-order valence-corrected chi connectivity index (χ2v) is 5.94. The summed E-state index contributed by atoms with van der Waals surface area (Å²) in [5, 5.41) is 2.49. The minimum absolute atomic E-state index is 0.0977. The number of amides is 5. The van der Waals surface area contributed by atoms with Gasteiger partial charge in [0.15, 0.2) is 6.10 Å². The molecule has 0 aromatic heterocycles. The fraction of sp³-hybridized carbons (Fsp3) is 0.353. The molecular weight excluding hydrogens is 342 g/mol. The molecule has 2 saturated heterocycles. The molecule has 136 valence electrons. The lowest BCUT2D eigenvalue weighted by atomic mass is 10.2. The Morgan fingerprint density at radius 3 is 2.46 bits per heavy atom. The Labute approximate surface area is 148 Å². The maximum absolute atomic E-state index is 12.3. The third kappa shape index (κ3) is 3.28. The van der Waals surface area contributed by atoms with Gasteiger partial charge >= 0.3 is 12.0 Å². The van der Waals surface area contributed by atoms with Crippen molar-refractivity contribution in [3.8, 4) is 0 Å². The zero-order valence-electron chi connectivity index (χ0n) is 14.1. The summed E-state index contributed by atoms with van der Waals surface area (Å²) in [7, 11) is 0. The smallest absolute Gasteiger partial charge is 0.338 e. The van der Waals surface area contributed by atoms with Crippen LogP contribution >= 0.6 is 0 Å². The third-order valence-corrected chi connectivity index (χ3v) is 4.15. The molecule has 2 fully saturated rings. The van der Waals surface area contributed by atoms with Crippen LogP contribution in [-0.4, -0.2) is 53.8 Å². The molecule has 0 bridgehead atoms. The van der Waals surface area contributed by atoms with Gasteiger partial charge in [0.25, 0.3) is 5.91 Å². The zero-order valence-corrected chi connectivity index (χ0v) is 14.1. The lowest BCUT2D eigenvalue weighted by Crippen LogP contribution is -2.41. The van der Waals surface area contributed by atoms with Crippen molar-refractivity contribution < 1.29 is 28.7 Å². The van der Waals surface area contributed by atoms with Crippen molar-refractivity contribution in [2.24, 2.45) is 0 Å². The number of urea groups is 1. The van der Waals surface area contributed by atoms with Crippen molar-refractivity contribution in [3.63, 3.8) is 0 Å². The van der Waals surface area contributed by atoms with Gasteiger partial charge in [-0.3, -0.25) is 24.2 Å². The predicted molar refractivity (Wildman–Crippen MR) is 88.2 cm³/mol. The van der Waals surface area contributed by atoms with E-state index < -0.39 is 24.0 Å². The number of nitrogens with zero attached hydrogens (tertiary/aromatic N) is 2. The lowest BCUT2D eigenvalue weighted by Gasteiger charge is -2.19. The van der Waals surface area contributed by atoms with E-state index in [9.17, 15) is 24.0 Å². The molecule has 9 heteroatoms. The highest BCUT2D eigenvalue weighted by Gasteiger charge is 2.33. The standard InChI is InChI=1S/C17H17N3O6/c1-10(15(23)19-8-7-18-17(19)25)26-16(24)11-3-2-4-12(9-11)20-13(21)5-6-14(20)22/h2-4,9-10H,5-8H2,1H3,(H,18,25)/t10-/m1/s1. The molecule has 1 aromatic rings. The van der Waals surface area contributed by atoms with Gasteiger partial charge in [0.05, 0.1) is 11.3 Å². The van der Waals surface area contributed by atoms with Gasteiger partial charge in [-0.25, -0.2) is 9.59 Å². The summed E-state index contributed by atoms with van der Waals surface area (Å²) in [5.74, 6) is -2.06. The molecule has 0 spiro atoms. The largest absolute Gasteiger partial charge is 0.449 e. The van der Waals surface area contributed by atoms with Crippen LogP contribution in [0.1, 0.15) is 30.1 Å². The second kappa shape index (κ2) is 6.95. The number of esters is 1. The van der Waals surface area contributed by atoms with Gasteiger partial charge in [0, 0.05) is 25.9 Å². The molecule has 2 aliphatic rings. The Morgan fingerprint density at radius 2 is 1.85 bits per heavy atom. The number of rotatable bonds is 4. The van der Waals surface area contributed by atoms with Gasteiger partial charge < -0.3 is 10.1 Å². The Kier molecular flexibility index (Phi) is 4.70. The molecule has 5 amide bonds. The highest BCUT2D eigenvalue weighted by Crippen LogP contribution is 2.23. The number of carbonyl (C=O) groups is 5. The van der Waals surface area contributed by atoms with E-state index in [2.05, 4.69) is 5.32 Å². The number of imide groups is 2. The van der Waals surface area contributed by atoms with Gasteiger partial charge in [0.2, 0.25) is 11.8 Å². The summed E-state index contributed by atoms with van der Waals surface area (Å²) in [5.41, 5.74) is 0.380. The number of benzene rings is 1. The molecule has 1 N–H and O–H groups in total. The van der Waals surface area contributed by atoms with E-state index in [1.54, 1.807) is 6.07 Å². The number of hydrogen-bond acceptors (Lipinski definition) is 6. The fourth-order valence-electron chi connectivity index (χ4n) is 2.82. The molecule has 26 heavy (non-hydrogen) atoms. The first-order valence-electron chi connectivity index (χ1n) is 8.14. The molecule has 1 atom stereocenters. The van der Waals surface area contributed by atoms with Gasteiger partial charge in [-0.05, 0) is 25.1 Å². The molecule has 9 nitrogen and oxygen atoms in total. The zero-order chi connectivity index (χ0) is 18.8. The number of nitrogens with one attached hydrogen (secondary N) is 1. The first kappa shape index (κ1) is 17.6. The summed E-state index contributed by atoms with van der Waals surface area (Å²) in [4.78, 5) is 61.6. The summed E-state index contributed by atoms with van der Waals surface area (Å²) < 4.78 is 5.13. The summed E-state index contributed by atoms with van der Waals surface area (Å²) in [6, 6.07) is 5.36. The quantitative estimate of drug-likeness (QED) is 0.616. The highest BCUT2D eigenvalue weighted by atomic mass is 16.5. The molecule has 0 aliphatic carbocycles. The topological polar surface area (TPSA) is 113 Å². The van der Waals surface area contributed by atoms with Gasteiger partial charge in [-0.1, -0.05) is 6.07 Å². The second-order valence-electron chi connectivity index (χ2n) is 5.94. The maximum atomic E-state index is 12.3. The van der Waals surface area contributed by atoms with E-state index in [4.69, 9.17) is 4.74 Å². The molecular formula is C17H17N3O6. The number of carbonyl (C=O) groups excluding carboxylic acids is 5. The summed E-state index contributed by atoms with van der Waals surface area (Å²) >= 11 is 0. The van der Waals surface area contributed by atoms with E-state index in [0.717, 1.165) is 9.80 Å². The summed E-state index contributed by atoms with van der Waals surface area (Å²) in [6.07, 6.45) is -0.876. The third-order valence-electron chi connectivity index (χ3n) is 4.15. The molecule has 2 aliphatic heterocycles. The Hall–Kier alpha value is -3.23. The van der Waals surface area contributed by atoms with E-state index in [-0.39, 0.29) is 42.5 Å². The predicted octanol–water partition coefficient (Wildman–Crippen LogP) is 0.437. The number of ether oxygens (including phenoxy) is 1. The number of anilines is 1. The van der Waals surface area contributed by atoms with Crippen LogP contribution in [0.15, 0.2) is 24.3 Å². The Morgan fingerprint density at radius 1 is 1.15 bits per heavy atom. The van der Waals surface area contributed by atoms with Crippen LogP contribution in [0.2, 0.25) is 0 Å². The molecule has 0 saturated carbocycles. The normalized spacial score (nSPS) is 18.1. The molecule has 0 unspecified atom stereocenters. The molecule has 2 heterocycles. The average molecular weight is 359 g/mol. The van der Waals surface area contributed by atoms with E-state index in [1.165, 1.54) is 25.1 Å². The lowest BCUT2D eigenvalue weighted by molar-refractivity contribution is -0.136. The summed E-state index contributed by atoms with van der Waals surface area (Å²) in [6.45, 7) is 1.95. The van der Waals surface area contributed by atoms with E-state index in [0.29, 0.717) is 6.54 Å². The molecule has 1 aromatic carbocycles. The van der Waals surface area contributed by atoms with Gasteiger partial charge in [0.1, 0.15) is 0 Å². The fourth-order valence-corrected chi connectivity index (χ4v) is 2.82. The Bertz CT molecular complexity index is 789. The van der Waals surface area contributed by atoms with Crippen molar-refractivity contribution in [2.45, 2.75) is 25.9 Å². The monoisotopic (exact) mass is 359 g/mol. The van der Waals surface area contributed by atoms with Crippen LogP contribution in [0.25, 0.3) is 0 Å². The Balaban J connectivity index is 1.71. The van der Waals surface area contributed by atoms with Crippen LogP contribution in [0, 0.1) is 0 Å². The maximum Gasteiger partial charge on any atom is 0.338 e. The number of hydrogen-bond donors (Lipinski definition) is 1. The molecule has 0 radical (unpaired) electrons. The van der Waals surface area contributed by atoms with Crippen molar-refractivity contribution >= 4 is 35.4 Å². The van der Waals surface area contributed by atoms with Gasteiger partial charge in [-0.15, -0.1) is 0 Å². The minimum atomic E-state index is -1.15. The van der Waals surface area contributed by atoms with Crippen LogP contribution < -0.4 is 10.2 Å².